The highest BCUT2D eigenvalue weighted by atomic mass is 16.5. The number of rotatable bonds is 3. The second kappa shape index (κ2) is 6.25. The maximum Gasteiger partial charge on any atom is 0.0936 e. The topological polar surface area (TPSA) is 32.7 Å². The third-order valence-electron chi connectivity index (χ3n) is 3.83. The molecule has 1 aliphatic heterocycles. The molecule has 2 unspecified atom stereocenters. The summed E-state index contributed by atoms with van der Waals surface area (Å²) in [5.41, 5.74) is 2.89. The molecule has 0 spiro atoms. The molecule has 3 heteroatoms. The highest BCUT2D eigenvalue weighted by Gasteiger charge is 2.24. The number of nitrogens with zero attached hydrogens (tertiary/aromatic N) is 1. The summed E-state index contributed by atoms with van der Waals surface area (Å²) in [7, 11) is 0. The lowest BCUT2D eigenvalue weighted by molar-refractivity contribution is -0.0972. The molecule has 0 aliphatic carbocycles. The number of aliphatic hydroxyl groups excluding tert-OH is 1. The van der Waals surface area contributed by atoms with Gasteiger partial charge in [0.1, 0.15) is 0 Å². The monoisotopic (exact) mass is 277 g/mol. The minimum absolute atomic E-state index is 0.0485. The van der Waals surface area contributed by atoms with E-state index in [1.165, 1.54) is 11.1 Å². The number of aliphatic hydroxyl groups is 1. The lowest BCUT2D eigenvalue weighted by Gasteiger charge is -2.36. The summed E-state index contributed by atoms with van der Waals surface area (Å²) in [6.45, 7) is 11.5. The first-order chi connectivity index (χ1) is 9.38. The number of hydrogen-bond acceptors (Lipinski definition) is 3. The van der Waals surface area contributed by atoms with Crippen LogP contribution in [0.3, 0.4) is 0 Å². The van der Waals surface area contributed by atoms with E-state index in [2.05, 4.69) is 56.9 Å². The van der Waals surface area contributed by atoms with Gasteiger partial charge >= 0.3 is 0 Å². The number of hydrogen-bond donors (Lipinski definition) is 1. The molecule has 1 heterocycles. The fourth-order valence-electron chi connectivity index (χ4n) is 2.74. The van der Waals surface area contributed by atoms with Gasteiger partial charge in [-0.3, -0.25) is 4.90 Å². The molecule has 1 aromatic rings. The number of ether oxygens (including phenoxy) is 1. The predicted molar refractivity (Wildman–Crippen MR) is 81.8 cm³/mol. The van der Waals surface area contributed by atoms with Gasteiger partial charge in [-0.05, 0) is 23.5 Å². The molecule has 0 amide bonds. The molecule has 20 heavy (non-hydrogen) atoms. The van der Waals surface area contributed by atoms with Crippen LogP contribution >= 0.6 is 0 Å². The lowest BCUT2D eigenvalue weighted by atomic mass is 9.87. The first-order valence-corrected chi connectivity index (χ1v) is 7.46. The Morgan fingerprint density at radius 3 is 2.40 bits per heavy atom. The van der Waals surface area contributed by atoms with E-state index in [1.807, 2.05) is 0 Å². The van der Waals surface area contributed by atoms with E-state index >= 15 is 0 Å². The first kappa shape index (κ1) is 15.5. The Kier molecular flexibility index (Phi) is 4.84. The molecule has 0 aromatic heterocycles. The molecule has 3 nitrogen and oxygen atoms in total. The smallest absolute Gasteiger partial charge is 0.0936 e. The summed E-state index contributed by atoms with van der Waals surface area (Å²) in [6, 6.07) is 8.88. The fourth-order valence-corrected chi connectivity index (χ4v) is 2.74. The molecule has 2 atom stereocenters. The summed E-state index contributed by atoms with van der Waals surface area (Å²) < 4.78 is 5.68. The number of morpholine rings is 1. The number of benzene rings is 1. The average Bonchev–Trinajstić information content (AvgIpc) is 2.37. The van der Waals surface area contributed by atoms with Crippen molar-refractivity contribution in [3.8, 4) is 0 Å². The molecule has 1 N–H and O–H groups in total. The molecule has 1 aliphatic rings. The van der Waals surface area contributed by atoms with Crippen molar-refractivity contribution in [2.75, 3.05) is 19.7 Å². The molecule has 0 radical (unpaired) electrons. The van der Waals surface area contributed by atoms with Gasteiger partial charge in [-0.1, -0.05) is 45.0 Å². The van der Waals surface area contributed by atoms with Gasteiger partial charge in [0, 0.05) is 19.6 Å². The van der Waals surface area contributed by atoms with Crippen LogP contribution in [0.25, 0.3) is 0 Å². The van der Waals surface area contributed by atoms with Crippen LogP contribution in [0.2, 0.25) is 0 Å². The molecule has 0 saturated carbocycles. The lowest BCUT2D eigenvalue weighted by Crippen LogP contribution is -2.47. The van der Waals surface area contributed by atoms with Crippen LogP contribution in [0.1, 0.15) is 38.8 Å². The molecule has 1 aromatic carbocycles. The van der Waals surface area contributed by atoms with Crippen molar-refractivity contribution in [2.24, 2.45) is 0 Å². The van der Waals surface area contributed by atoms with Crippen molar-refractivity contribution in [2.45, 2.75) is 51.9 Å². The van der Waals surface area contributed by atoms with E-state index in [0.29, 0.717) is 0 Å². The van der Waals surface area contributed by atoms with Gasteiger partial charge in [0.15, 0.2) is 0 Å². The van der Waals surface area contributed by atoms with Crippen LogP contribution in [0.15, 0.2) is 24.3 Å². The van der Waals surface area contributed by atoms with Gasteiger partial charge in [-0.25, -0.2) is 0 Å². The van der Waals surface area contributed by atoms with Crippen LogP contribution in [0.5, 0.6) is 0 Å². The SMILES string of the molecule is CC1CN(Cc2ccc(C(C)(C)C)cc2)CC(CO)O1. The van der Waals surface area contributed by atoms with Gasteiger partial charge in [0.05, 0.1) is 18.8 Å². The zero-order valence-corrected chi connectivity index (χ0v) is 13.1. The maximum absolute atomic E-state index is 9.27. The Bertz CT molecular complexity index is 422. The molecule has 1 saturated heterocycles. The Labute approximate surface area is 122 Å². The van der Waals surface area contributed by atoms with Crippen LogP contribution < -0.4 is 0 Å². The summed E-state index contributed by atoms with van der Waals surface area (Å²) in [5.74, 6) is 0. The molecule has 112 valence electrons. The summed E-state index contributed by atoms with van der Waals surface area (Å²) in [6.07, 6.45) is 0.141. The maximum atomic E-state index is 9.27. The quantitative estimate of drug-likeness (QED) is 0.921. The normalized spacial score (nSPS) is 24.9. The largest absolute Gasteiger partial charge is 0.394 e. The second-order valence-corrected chi connectivity index (χ2v) is 6.89. The van der Waals surface area contributed by atoms with Gasteiger partial charge < -0.3 is 9.84 Å². The standard InChI is InChI=1S/C17H27NO2/c1-13-9-18(11-16(12-19)20-13)10-14-5-7-15(8-6-14)17(2,3)4/h5-8,13,16,19H,9-12H2,1-4H3. The van der Waals surface area contributed by atoms with Crippen molar-refractivity contribution in [1.82, 2.24) is 4.90 Å². The average molecular weight is 277 g/mol. The van der Waals surface area contributed by atoms with E-state index in [0.717, 1.165) is 19.6 Å². The molecule has 2 rings (SSSR count). The fraction of sp³-hybridized carbons (Fsp3) is 0.647. The Morgan fingerprint density at radius 1 is 1.20 bits per heavy atom. The van der Waals surface area contributed by atoms with Crippen molar-refractivity contribution in [1.29, 1.82) is 0 Å². The Morgan fingerprint density at radius 2 is 1.85 bits per heavy atom. The second-order valence-electron chi connectivity index (χ2n) is 6.89. The molecular weight excluding hydrogens is 250 g/mol. The van der Waals surface area contributed by atoms with E-state index in [9.17, 15) is 5.11 Å². The molecule has 0 bridgehead atoms. The van der Waals surface area contributed by atoms with Crippen molar-refractivity contribution in [3.05, 3.63) is 35.4 Å². The minimum atomic E-state index is -0.0485. The van der Waals surface area contributed by atoms with Crippen LogP contribution in [-0.4, -0.2) is 41.9 Å². The van der Waals surface area contributed by atoms with Gasteiger partial charge in [-0.15, -0.1) is 0 Å². The Hall–Kier alpha value is -0.900. The van der Waals surface area contributed by atoms with Crippen LogP contribution in [-0.2, 0) is 16.7 Å². The Balaban J connectivity index is 1.99. The van der Waals surface area contributed by atoms with Crippen molar-refractivity contribution >= 4 is 0 Å². The van der Waals surface area contributed by atoms with Crippen molar-refractivity contribution < 1.29 is 9.84 Å². The van der Waals surface area contributed by atoms with E-state index in [4.69, 9.17) is 4.74 Å². The zero-order valence-electron chi connectivity index (χ0n) is 13.1. The zero-order chi connectivity index (χ0) is 14.8. The van der Waals surface area contributed by atoms with Gasteiger partial charge in [-0.2, -0.15) is 0 Å². The van der Waals surface area contributed by atoms with Crippen LogP contribution in [0.4, 0.5) is 0 Å². The van der Waals surface area contributed by atoms with Gasteiger partial charge in [0.25, 0.3) is 0 Å². The minimum Gasteiger partial charge on any atom is -0.394 e. The van der Waals surface area contributed by atoms with E-state index in [-0.39, 0.29) is 24.2 Å². The summed E-state index contributed by atoms with van der Waals surface area (Å²) in [5, 5.41) is 9.27. The highest BCUT2D eigenvalue weighted by molar-refractivity contribution is 5.27. The summed E-state index contributed by atoms with van der Waals surface area (Å²) >= 11 is 0. The van der Waals surface area contributed by atoms with Crippen molar-refractivity contribution in [3.63, 3.8) is 0 Å². The predicted octanol–water partition coefficient (Wildman–Crippen LogP) is 2.57. The van der Waals surface area contributed by atoms with E-state index < -0.39 is 0 Å². The van der Waals surface area contributed by atoms with Crippen LogP contribution in [0, 0.1) is 0 Å². The molecule has 1 fully saturated rings. The third kappa shape index (κ3) is 4.05. The summed E-state index contributed by atoms with van der Waals surface area (Å²) in [4.78, 5) is 2.36. The third-order valence-corrected chi connectivity index (χ3v) is 3.83. The van der Waals surface area contributed by atoms with E-state index in [1.54, 1.807) is 0 Å². The van der Waals surface area contributed by atoms with Gasteiger partial charge in [0.2, 0.25) is 0 Å². The first-order valence-electron chi connectivity index (χ1n) is 7.46. The highest BCUT2D eigenvalue weighted by Crippen LogP contribution is 2.23. The molecular formula is C17H27NO2.